The molecule has 1 amide bonds. The van der Waals surface area contributed by atoms with E-state index in [4.69, 9.17) is 4.74 Å². The molecule has 1 aromatic rings. The van der Waals surface area contributed by atoms with Crippen molar-refractivity contribution in [3.8, 4) is 0 Å². The number of carbonyl (C=O) groups excluding carboxylic acids is 1. The van der Waals surface area contributed by atoms with E-state index in [1.54, 1.807) is 6.20 Å². The fourth-order valence-corrected chi connectivity index (χ4v) is 3.76. The van der Waals surface area contributed by atoms with E-state index in [-0.39, 0.29) is 11.3 Å². The van der Waals surface area contributed by atoms with E-state index in [0.29, 0.717) is 5.56 Å². The summed E-state index contributed by atoms with van der Waals surface area (Å²) in [5.41, 5.74) is 1.71. The zero-order chi connectivity index (χ0) is 16.3. The van der Waals surface area contributed by atoms with E-state index in [9.17, 15) is 4.79 Å². The summed E-state index contributed by atoms with van der Waals surface area (Å²) in [6.07, 6.45) is 3.88. The second-order valence-electron chi connectivity index (χ2n) is 6.94. The maximum Gasteiger partial charge on any atom is 0.255 e. The molecule has 5 heteroatoms. The quantitative estimate of drug-likeness (QED) is 0.836. The number of ether oxygens (including phenoxy) is 1. The molecule has 1 spiro atoms. The van der Waals surface area contributed by atoms with Gasteiger partial charge in [-0.05, 0) is 38.4 Å². The second kappa shape index (κ2) is 6.97. The Bertz CT molecular complexity index is 546. The highest BCUT2D eigenvalue weighted by Gasteiger charge is 2.40. The van der Waals surface area contributed by atoms with Crippen molar-refractivity contribution < 1.29 is 9.53 Å². The van der Waals surface area contributed by atoms with Gasteiger partial charge in [0.15, 0.2) is 0 Å². The number of aryl methyl sites for hydroxylation is 1. The minimum Gasteiger partial charge on any atom is -0.379 e. The second-order valence-corrected chi connectivity index (χ2v) is 6.94. The molecule has 0 bridgehead atoms. The molecule has 2 aliphatic heterocycles. The molecule has 1 atom stereocenters. The number of likely N-dealkylation sites (N-methyl/N-ethyl adjacent to an activating group) is 1. The van der Waals surface area contributed by atoms with E-state index in [2.05, 4.69) is 16.8 Å². The number of hydrogen-bond acceptors (Lipinski definition) is 4. The van der Waals surface area contributed by atoms with Crippen LogP contribution in [0.3, 0.4) is 0 Å². The molecule has 0 radical (unpaired) electrons. The van der Waals surface area contributed by atoms with Crippen molar-refractivity contribution in [2.45, 2.75) is 26.7 Å². The highest BCUT2D eigenvalue weighted by molar-refractivity contribution is 5.94. The van der Waals surface area contributed by atoms with Gasteiger partial charge in [-0.2, -0.15) is 0 Å². The van der Waals surface area contributed by atoms with Crippen LogP contribution in [0.2, 0.25) is 0 Å². The van der Waals surface area contributed by atoms with Crippen LogP contribution < -0.4 is 0 Å². The Kier molecular flexibility index (Phi) is 4.97. The smallest absolute Gasteiger partial charge is 0.255 e. The average molecular weight is 317 g/mol. The van der Waals surface area contributed by atoms with Gasteiger partial charge in [-0.15, -0.1) is 0 Å². The maximum atomic E-state index is 12.8. The summed E-state index contributed by atoms with van der Waals surface area (Å²) in [5.74, 6) is 0.101. The number of likely N-dealkylation sites (tertiary alicyclic amines) is 1. The van der Waals surface area contributed by atoms with Crippen LogP contribution in [-0.2, 0) is 4.74 Å². The number of aromatic nitrogens is 1. The van der Waals surface area contributed by atoms with Crippen LogP contribution in [0.1, 0.15) is 35.8 Å². The molecule has 3 rings (SSSR count). The Morgan fingerprint density at radius 2 is 2.22 bits per heavy atom. The maximum absolute atomic E-state index is 12.8. The monoisotopic (exact) mass is 317 g/mol. The molecule has 2 saturated heterocycles. The normalized spacial score (nSPS) is 26.3. The topological polar surface area (TPSA) is 45.7 Å². The molecular formula is C18H27N3O2. The molecule has 3 heterocycles. The van der Waals surface area contributed by atoms with Crippen molar-refractivity contribution in [3.63, 3.8) is 0 Å². The van der Waals surface area contributed by atoms with Crippen molar-refractivity contribution in [1.29, 1.82) is 0 Å². The van der Waals surface area contributed by atoms with Gasteiger partial charge in [-0.3, -0.25) is 9.78 Å². The summed E-state index contributed by atoms with van der Waals surface area (Å²) >= 11 is 0. The number of amides is 1. The van der Waals surface area contributed by atoms with Gasteiger partial charge in [0.2, 0.25) is 0 Å². The van der Waals surface area contributed by atoms with Crippen molar-refractivity contribution in [3.05, 3.63) is 29.6 Å². The minimum absolute atomic E-state index is 0.0819. The number of hydrogen-bond donors (Lipinski definition) is 0. The molecule has 2 aliphatic rings. The molecule has 126 valence electrons. The Morgan fingerprint density at radius 3 is 2.96 bits per heavy atom. The van der Waals surface area contributed by atoms with Gasteiger partial charge in [0.25, 0.3) is 5.91 Å². The third-order valence-electron chi connectivity index (χ3n) is 5.07. The standard InChI is InChI=1S/C18H27N3O2/c1-3-20-9-10-23-14-18(12-20)7-4-8-21(13-18)17(22)16-6-5-15(2)19-11-16/h5-6,11H,3-4,7-10,12-14H2,1-2H3. The summed E-state index contributed by atoms with van der Waals surface area (Å²) in [6.45, 7) is 10.4. The molecule has 1 unspecified atom stereocenters. The van der Waals surface area contributed by atoms with Gasteiger partial charge in [0, 0.05) is 43.5 Å². The molecule has 23 heavy (non-hydrogen) atoms. The predicted octanol–water partition coefficient (Wildman–Crippen LogP) is 1.96. The van der Waals surface area contributed by atoms with Crippen LogP contribution in [0.5, 0.6) is 0 Å². The van der Waals surface area contributed by atoms with Crippen LogP contribution >= 0.6 is 0 Å². The van der Waals surface area contributed by atoms with E-state index >= 15 is 0 Å². The Hall–Kier alpha value is -1.46. The zero-order valence-corrected chi connectivity index (χ0v) is 14.3. The average Bonchev–Trinajstić information content (AvgIpc) is 2.77. The lowest BCUT2D eigenvalue weighted by atomic mass is 9.80. The number of carbonyl (C=O) groups is 1. The molecule has 1 aromatic heterocycles. The van der Waals surface area contributed by atoms with Crippen molar-refractivity contribution in [2.75, 3.05) is 45.9 Å². The SMILES string of the molecule is CCN1CCOCC2(CCCN(C(=O)c3ccc(C)nc3)C2)C1. The Morgan fingerprint density at radius 1 is 1.35 bits per heavy atom. The van der Waals surface area contributed by atoms with Crippen LogP contribution in [0.4, 0.5) is 0 Å². The van der Waals surface area contributed by atoms with Crippen molar-refractivity contribution in [2.24, 2.45) is 5.41 Å². The van der Waals surface area contributed by atoms with Crippen LogP contribution in [0.15, 0.2) is 18.3 Å². The van der Waals surface area contributed by atoms with Crippen LogP contribution in [-0.4, -0.2) is 66.6 Å². The third-order valence-corrected chi connectivity index (χ3v) is 5.07. The van der Waals surface area contributed by atoms with Crippen LogP contribution in [0.25, 0.3) is 0 Å². The summed E-state index contributed by atoms with van der Waals surface area (Å²) < 4.78 is 5.88. The molecular weight excluding hydrogens is 290 g/mol. The highest BCUT2D eigenvalue weighted by Crippen LogP contribution is 2.33. The molecule has 0 saturated carbocycles. The lowest BCUT2D eigenvalue weighted by Gasteiger charge is -2.43. The van der Waals surface area contributed by atoms with Gasteiger partial charge in [-0.1, -0.05) is 6.92 Å². The van der Waals surface area contributed by atoms with Crippen molar-refractivity contribution >= 4 is 5.91 Å². The zero-order valence-electron chi connectivity index (χ0n) is 14.3. The highest BCUT2D eigenvalue weighted by atomic mass is 16.5. The third kappa shape index (κ3) is 3.72. The Balaban J connectivity index is 1.74. The first-order valence-electron chi connectivity index (χ1n) is 8.64. The van der Waals surface area contributed by atoms with Gasteiger partial charge >= 0.3 is 0 Å². The first-order chi connectivity index (χ1) is 11.1. The van der Waals surface area contributed by atoms with E-state index < -0.39 is 0 Å². The first kappa shape index (κ1) is 16.4. The number of piperidine rings is 1. The summed E-state index contributed by atoms with van der Waals surface area (Å²) in [4.78, 5) is 21.5. The predicted molar refractivity (Wildman–Crippen MR) is 89.5 cm³/mol. The van der Waals surface area contributed by atoms with E-state index in [0.717, 1.165) is 64.5 Å². The molecule has 5 nitrogen and oxygen atoms in total. The van der Waals surface area contributed by atoms with Crippen molar-refractivity contribution in [1.82, 2.24) is 14.8 Å². The minimum atomic E-state index is 0.0819. The molecule has 0 aliphatic carbocycles. The molecule has 2 fully saturated rings. The van der Waals surface area contributed by atoms with Gasteiger partial charge in [-0.25, -0.2) is 0 Å². The fourth-order valence-electron chi connectivity index (χ4n) is 3.76. The number of pyridine rings is 1. The summed E-state index contributed by atoms with van der Waals surface area (Å²) in [5, 5.41) is 0. The molecule has 0 N–H and O–H groups in total. The van der Waals surface area contributed by atoms with Gasteiger partial charge < -0.3 is 14.5 Å². The molecule has 0 aromatic carbocycles. The number of nitrogens with zero attached hydrogens (tertiary/aromatic N) is 3. The van der Waals surface area contributed by atoms with Gasteiger partial charge in [0.1, 0.15) is 0 Å². The number of rotatable bonds is 2. The largest absolute Gasteiger partial charge is 0.379 e. The van der Waals surface area contributed by atoms with Gasteiger partial charge in [0.05, 0.1) is 18.8 Å². The summed E-state index contributed by atoms with van der Waals surface area (Å²) in [7, 11) is 0. The fraction of sp³-hybridized carbons (Fsp3) is 0.667. The first-order valence-corrected chi connectivity index (χ1v) is 8.64. The summed E-state index contributed by atoms with van der Waals surface area (Å²) in [6, 6.07) is 3.79. The van der Waals surface area contributed by atoms with E-state index in [1.807, 2.05) is 24.0 Å². The van der Waals surface area contributed by atoms with E-state index in [1.165, 1.54) is 0 Å². The van der Waals surface area contributed by atoms with Crippen LogP contribution in [0, 0.1) is 12.3 Å². The lowest BCUT2D eigenvalue weighted by Crippen LogP contribution is -2.52. The lowest BCUT2D eigenvalue weighted by molar-refractivity contribution is 0.00765. The Labute approximate surface area is 138 Å².